The first-order valence-corrected chi connectivity index (χ1v) is 4.83. The molecule has 1 rings (SSSR count). The lowest BCUT2D eigenvalue weighted by molar-refractivity contribution is 1.70. The zero-order valence-electron chi connectivity index (χ0n) is 5.47. The first-order valence-electron chi connectivity index (χ1n) is 2.96. The molecule has 52 valence electrons. The average molecular weight is 215 g/mol. The van der Waals surface area contributed by atoms with Crippen molar-refractivity contribution >= 4 is 29.8 Å². The number of benzene rings is 1. The van der Waals surface area contributed by atoms with Gasteiger partial charge in [0.15, 0.2) is 0 Å². The third kappa shape index (κ3) is 2.24. The van der Waals surface area contributed by atoms with Crippen LogP contribution >= 0.6 is 24.5 Å². The van der Waals surface area contributed by atoms with Crippen LogP contribution in [0.15, 0.2) is 41.1 Å². The Morgan fingerprint density at radius 3 is 2.40 bits per heavy atom. The molecule has 1 unspecified atom stereocenters. The molecule has 0 amide bonds. The minimum atomic E-state index is 0.727. The van der Waals surface area contributed by atoms with E-state index < -0.39 is 0 Å². The van der Waals surface area contributed by atoms with Gasteiger partial charge in [0, 0.05) is 4.47 Å². The molecule has 0 radical (unpaired) electrons. The summed E-state index contributed by atoms with van der Waals surface area (Å²) in [6, 6.07) is 8.30. The van der Waals surface area contributed by atoms with E-state index in [4.69, 9.17) is 0 Å². The van der Waals surface area contributed by atoms with Crippen LogP contribution in [0.1, 0.15) is 0 Å². The fraction of sp³-hybridized carbons (Fsp3) is 0. The summed E-state index contributed by atoms with van der Waals surface area (Å²) in [5.74, 6) is 1.93. The van der Waals surface area contributed by atoms with Crippen molar-refractivity contribution in [2.24, 2.45) is 0 Å². The number of halogens is 1. The van der Waals surface area contributed by atoms with Crippen LogP contribution in [-0.2, 0) is 0 Å². The summed E-state index contributed by atoms with van der Waals surface area (Å²) < 4.78 is 1.13. The molecule has 2 heteroatoms. The second-order valence-corrected chi connectivity index (χ2v) is 4.05. The van der Waals surface area contributed by atoms with Gasteiger partial charge in [0.05, 0.1) is 0 Å². The summed E-state index contributed by atoms with van der Waals surface area (Å²) in [5, 5.41) is 1.33. The van der Waals surface area contributed by atoms with Crippen molar-refractivity contribution in [1.82, 2.24) is 0 Å². The molecule has 0 saturated heterocycles. The number of rotatable bonds is 2. The van der Waals surface area contributed by atoms with E-state index in [9.17, 15) is 0 Å². The molecule has 0 fully saturated rings. The highest BCUT2D eigenvalue weighted by Crippen LogP contribution is 2.13. The predicted octanol–water partition coefficient (Wildman–Crippen LogP) is 2.90. The van der Waals surface area contributed by atoms with Crippen molar-refractivity contribution in [2.75, 3.05) is 0 Å². The van der Waals surface area contributed by atoms with E-state index in [1.165, 1.54) is 5.30 Å². The quantitative estimate of drug-likeness (QED) is 0.665. The Kier molecular flexibility index (Phi) is 3.11. The van der Waals surface area contributed by atoms with E-state index >= 15 is 0 Å². The van der Waals surface area contributed by atoms with Gasteiger partial charge in [-0.1, -0.05) is 49.0 Å². The van der Waals surface area contributed by atoms with Crippen molar-refractivity contribution in [2.45, 2.75) is 0 Å². The molecule has 0 spiro atoms. The maximum absolute atomic E-state index is 3.68. The second-order valence-electron chi connectivity index (χ2n) is 1.86. The average Bonchev–Trinajstić information content (AvgIpc) is 1.95. The summed E-state index contributed by atoms with van der Waals surface area (Å²) in [7, 11) is 0.727. The van der Waals surface area contributed by atoms with Crippen LogP contribution < -0.4 is 5.30 Å². The monoisotopic (exact) mass is 214 g/mol. The predicted molar refractivity (Wildman–Crippen MR) is 52.3 cm³/mol. The van der Waals surface area contributed by atoms with Crippen LogP contribution in [0.4, 0.5) is 0 Å². The Morgan fingerprint density at radius 2 is 1.90 bits per heavy atom. The molecule has 1 aromatic carbocycles. The normalized spacial score (nSPS) is 10.5. The van der Waals surface area contributed by atoms with Gasteiger partial charge in [-0.3, -0.25) is 0 Å². The van der Waals surface area contributed by atoms with Gasteiger partial charge < -0.3 is 0 Å². The third-order valence-corrected chi connectivity index (χ3v) is 2.51. The van der Waals surface area contributed by atoms with E-state index in [1.54, 1.807) is 0 Å². The molecular weight excluding hydrogens is 207 g/mol. The molecule has 0 aromatic heterocycles. The lowest BCUT2D eigenvalue weighted by Gasteiger charge is -1.94. The minimum absolute atomic E-state index is 0.727. The van der Waals surface area contributed by atoms with Crippen LogP contribution in [-0.4, -0.2) is 0 Å². The summed E-state index contributed by atoms with van der Waals surface area (Å²) in [6.07, 6.45) is 0. The van der Waals surface area contributed by atoms with Gasteiger partial charge in [-0.2, -0.15) is 0 Å². The lowest BCUT2D eigenvalue weighted by atomic mass is 10.4. The van der Waals surface area contributed by atoms with Gasteiger partial charge in [0.1, 0.15) is 0 Å². The van der Waals surface area contributed by atoms with Gasteiger partial charge >= 0.3 is 0 Å². The molecule has 1 aromatic rings. The smallest absolute Gasteiger partial charge is 0.0175 e. The lowest BCUT2D eigenvalue weighted by Crippen LogP contribution is -1.88. The van der Waals surface area contributed by atoms with E-state index in [2.05, 4.69) is 34.6 Å². The fourth-order valence-electron chi connectivity index (χ4n) is 0.664. The highest BCUT2D eigenvalue weighted by atomic mass is 79.9. The maximum Gasteiger partial charge on any atom is 0.0175 e. The van der Waals surface area contributed by atoms with E-state index in [-0.39, 0.29) is 0 Å². The standard InChI is InChI=1S/C8H8BrP/c1-2-10-8-5-3-7(9)4-6-8/h2-6,10H,1H2. The summed E-state index contributed by atoms with van der Waals surface area (Å²) in [4.78, 5) is 0. The SMILES string of the molecule is C=CPc1ccc(Br)cc1. The van der Waals surface area contributed by atoms with Crippen LogP contribution in [0.25, 0.3) is 0 Å². The van der Waals surface area contributed by atoms with Gasteiger partial charge in [-0.25, -0.2) is 0 Å². The van der Waals surface area contributed by atoms with E-state index in [1.807, 2.05) is 17.9 Å². The summed E-state index contributed by atoms with van der Waals surface area (Å²) in [6.45, 7) is 3.68. The van der Waals surface area contributed by atoms with Crippen LogP contribution in [0.2, 0.25) is 0 Å². The minimum Gasteiger partial charge on any atom is -0.0985 e. The fourth-order valence-corrected chi connectivity index (χ4v) is 1.52. The first kappa shape index (κ1) is 7.97. The maximum atomic E-state index is 3.68. The topological polar surface area (TPSA) is 0 Å². The van der Waals surface area contributed by atoms with Crippen molar-refractivity contribution in [3.8, 4) is 0 Å². The highest BCUT2D eigenvalue weighted by Gasteiger charge is 1.87. The number of hydrogen-bond donors (Lipinski definition) is 0. The van der Waals surface area contributed by atoms with Crippen molar-refractivity contribution < 1.29 is 0 Å². The summed E-state index contributed by atoms with van der Waals surface area (Å²) in [5.41, 5.74) is 0. The first-order chi connectivity index (χ1) is 4.83. The second kappa shape index (κ2) is 3.90. The Bertz CT molecular complexity index is 215. The van der Waals surface area contributed by atoms with Gasteiger partial charge in [-0.05, 0) is 17.4 Å². The number of hydrogen-bond acceptors (Lipinski definition) is 0. The third-order valence-electron chi connectivity index (χ3n) is 1.11. The van der Waals surface area contributed by atoms with Gasteiger partial charge in [-0.15, -0.1) is 0 Å². The van der Waals surface area contributed by atoms with Crippen LogP contribution in [0.5, 0.6) is 0 Å². The van der Waals surface area contributed by atoms with Crippen molar-refractivity contribution in [1.29, 1.82) is 0 Å². The molecule has 10 heavy (non-hydrogen) atoms. The van der Waals surface area contributed by atoms with Gasteiger partial charge in [0.2, 0.25) is 0 Å². The molecule has 1 atom stereocenters. The zero-order chi connectivity index (χ0) is 7.40. The van der Waals surface area contributed by atoms with E-state index in [0.717, 1.165) is 13.1 Å². The van der Waals surface area contributed by atoms with Gasteiger partial charge in [0.25, 0.3) is 0 Å². The molecule has 0 aliphatic rings. The van der Waals surface area contributed by atoms with Crippen molar-refractivity contribution in [3.05, 3.63) is 41.1 Å². The van der Waals surface area contributed by atoms with Crippen LogP contribution in [0.3, 0.4) is 0 Å². The molecule has 0 aliphatic carbocycles. The molecular formula is C8H8BrP. The van der Waals surface area contributed by atoms with Crippen molar-refractivity contribution in [3.63, 3.8) is 0 Å². The molecule has 0 saturated carbocycles. The Morgan fingerprint density at radius 1 is 1.30 bits per heavy atom. The molecule has 0 bridgehead atoms. The van der Waals surface area contributed by atoms with E-state index in [0.29, 0.717) is 0 Å². The molecule has 0 N–H and O–H groups in total. The zero-order valence-corrected chi connectivity index (χ0v) is 8.06. The largest absolute Gasteiger partial charge is 0.0985 e. The molecule has 0 aliphatic heterocycles. The molecule has 0 nitrogen and oxygen atoms in total. The Balaban J connectivity index is 2.78. The molecule has 0 heterocycles. The highest BCUT2D eigenvalue weighted by molar-refractivity contribution is 9.10. The summed E-state index contributed by atoms with van der Waals surface area (Å²) >= 11 is 3.37. The Labute approximate surface area is 71.3 Å². The van der Waals surface area contributed by atoms with Crippen LogP contribution in [0, 0.1) is 0 Å². The Hall–Kier alpha value is -0.130.